The van der Waals surface area contributed by atoms with Gasteiger partial charge in [-0.05, 0) is 18.2 Å². The van der Waals surface area contributed by atoms with Crippen LogP contribution in [0.25, 0.3) is 0 Å². The average Bonchev–Trinajstić information content (AvgIpc) is 2.64. The topological polar surface area (TPSA) is 56.2 Å². The number of aliphatic hydroxyl groups excluding tert-OH is 1. The maximum absolute atomic E-state index is 13.5. The van der Waals surface area contributed by atoms with E-state index in [2.05, 4.69) is 9.80 Å². The van der Waals surface area contributed by atoms with Crippen molar-refractivity contribution in [1.29, 1.82) is 0 Å². The van der Waals surface area contributed by atoms with Crippen molar-refractivity contribution in [2.45, 2.75) is 12.7 Å². The number of aromatic hydroxyl groups is 1. The largest absolute Gasteiger partial charge is 0.506 e. The zero-order valence-corrected chi connectivity index (χ0v) is 14.7. The third-order valence-electron chi connectivity index (χ3n) is 4.59. The number of phenolic OH excluding ortho intramolecular Hbond substituents is 1. The summed E-state index contributed by atoms with van der Waals surface area (Å²) < 4.78 is 19.0. The molecule has 1 aliphatic heterocycles. The molecular formula is C20H25FN2O3. The molecule has 0 aliphatic carbocycles. The first-order chi connectivity index (χ1) is 12.6. The van der Waals surface area contributed by atoms with E-state index in [9.17, 15) is 14.6 Å². The molecule has 2 N–H and O–H groups in total. The molecule has 1 heterocycles. The summed E-state index contributed by atoms with van der Waals surface area (Å²) in [6.07, 6.45) is -0.613. The number of phenols is 1. The molecule has 5 nitrogen and oxygen atoms in total. The molecule has 2 aromatic rings. The highest BCUT2D eigenvalue weighted by Crippen LogP contribution is 2.27. The number of benzene rings is 2. The Balaban J connectivity index is 1.39. The molecule has 6 heteroatoms. The standard InChI is InChI=1S/C20H25FN2O3/c21-18-6-2-1-5-16(18)14-26-15-17(24)13-22-9-11-23(12-10-22)19-7-3-4-8-20(19)25/h1-8,17,24-25H,9-15H2. The summed E-state index contributed by atoms with van der Waals surface area (Å²) in [6.45, 7) is 4.04. The summed E-state index contributed by atoms with van der Waals surface area (Å²) in [6, 6.07) is 13.8. The second-order valence-corrected chi connectivity index (χ2v) is 6.54. The van der Waals surface area contributed by atoms with Crippen LogP contribution in [0.15, 0.2) is 48.5 Å². The predicted octanol–water partition coefficient (Wildman–Crippen LogP) is 2.23. The van der Waals surface area contributed by atoms with E-state index in [0.717, 1.165) is 31.9 Å². The lowest BCUT2D eigenvalue weighted by Gasteiger charge is -2.37. The second-order valence-electron chi connectivity index (χ2n) is 6.54. The Labute approximate surface area is 153 Å². The van der Waals surface area contributed by atoms with Crippen molar-refractivity contribution in [3.05, 3.63) is 59.9 Å². The van der Waals surface area contributed by atoms with Gasteiger partial charge in [-0.15, -0.1) is 0 Å². The summed E-state index contributed by atoms with van der Waals surface area (Å²) in [5.74, 6) is 0.00445. The molecule has 0 spiro atoms. The molecule has 0 radical (unpaired) electrons. The molecule has 0 saturated carbocycles. The Morgan fingerprint density at radius 3 is 2.42 bits per heavy atom. The fourth-order valence-electron chi connectivity index (χ4n) is 3.17. The van der Waals surface area contributed by atoms with Gasteiger partial charge in [-0.1, -0.05) is 30.3 Å². The number of β-amino-alcohol motifs (C(OH)–C–C–N with tert-alkyl or cyclic N) is 1. The fourth-order valence-corrected chi connectivity index (χ4v) is 3.17. The van der Waals surface area contributed by atoms with Crippen molar-refractivity contribution in [2.24, 2.45) is 0 Å². The molecule has 1 atom stereocenters. The van der Waals surface area contributed by atoms with Gasteiger partial charge < -0.3 is 19.8 Å². The van der Waals surface area contributed by atoms with Gasteiger partial charge in [0.1, 0.15) is 11.6 Å². The molecule has 2 aromatic carbocycles. The Morgan fingerprint density at radius 1 is 1.00 bits per heavy atom. The molecule has 3 rings (SSSR count). The molecular weight excluding hydrogens is 335 g/mol. The number of halogens is 1. The highest BCUT2D eigenvalue weighted by Gasteiger charge is 2.21. The van der Waals surface area contributed by atoms with Crippen LogP contribution in [0.1, 0.15) is 5.56 Å². The first kappa shape index (κ1) is 18.6. The van der Waals surface area contributed by atoms with Gasteiger partial charge in [-0.3, -0.25) is 4.90 Å². The summed E-state index contributed by atoms with van der Waals surface area (Å²) in [7, 11) is 0. The smallest absolute Gasteiger partial charge is 0.138 e. The van der Waals surface area contributed by atoms with Crippen LogP contribution in [0.5, 0.6) is 5.75 Å². The first-order valence-electron chi connectivity index (χ1n) is 8.88. The predicted molar refractivity (Wildman–Crippen MR) is 98.8 cm³/mol. The minimum Gasteiger partial charge on any atom is -0.506 e. The molecule has 1 unspecified atom stereocenters. The van der Waals surface area contributed by atoms with Crippen LogP contribution in [0.4, 0.5) is 10.1 Å². The lowest BCUT2D eigenvalue weighted by molar-refractivity contribution is 0.00838. The van der Waals surface area contributed by atoms with Crippen molar-refractivity contribution >= 4 is 5.69 Å². The van der Waals surface area contributed by atoms with E-state index in [1.54, 1.807) is 24.3 Å². The van der Waals surface area contributed by atoms with Crippen LogP contribution in [0, 0.1) is 5.82 Å². The number of rotatable bonds is 7. The molecule has 0 amide bonds. The third kappa shape index (κ3) is 4.94. The summed E-state index contributed by atoms with van der Waals surface area (Å²) in [5, 5.41) is 20.1. The molecule has 26 heavy (non-hydrogen) atoms. The zero-order chi connectivity index (χ0) is 18.4. The van der Waals surface area contributed by atoms with Crippen LogP contribution < -0.4 is 4.90 Å². The number of ether oxygens (including phenoxy) is 1. The highest BCUT2D eigenvalue weighted by atomic mass is 19.1. The van der Waals surface area contributed by atoms with Crippen molar-refractivity contribution in [3.63, 3.8) is 0 Å². The van der Waals surface area contributed by atoms with Gasteiger partial charge in [-0.25, -0.2) is 4.39 Å². The monoisotopic (exact) mass is 360 g/mol. The van der Waals surface area contributed by atoms with Gasteiger partial charge in [0.2, 0.25) is 0 Å². The zero-order valence-electron chi connectivity index (χ0n) is 14.7. The van der Waals surface area contributed by atoms with Gasteiger partial charge in [-0.2, -0.15) is 0 Å². The number of para-hydroxylation sites is 2. The number of hydrogen-bond acceptors (Lipinski definition) is 5. The van der Waals surface area contributed by atoms with Crippen LogP contribution in [0.3, 0.4) is 0 Å². The number of nitrogens with zero attached hydrogens (tertiary/aromatic N) is 2. The van der Waals surface area contributed by atoms with E-state index in [1.165, 1.54) is 6.07 Å². The number of hydrogen-bond donors (Lipinski definition) is 2. The molecule has 140 valence electrons. The van der Waals surface area contributed by atoms with Crippen molar-refractivity contribution < 1.29 is 19.3 Å². The van der Waals surface area contributed by atoms with Gasteiger partial charge in [0.05, 0.1) is 25.0 Å². The lowest BCUT2D eigenvalue weighted by atomic mass is 10.2. The van der Waals surface area contributed by atoms with E-state index in [0.29, 0.717) is 17.9 Å². The maximum atomic E-state index is 13.5. The summed E-state index contributed by atoms with van der Waals surface area (Å²) in [5.41, 5.74) is 1.34. The van der Waals surface area contributed by atoms with E-state index in [4.69, 9.17) is 4.74 Å². The summed E-state index contributed by atoms with van der Waals surface area (Å²) in [4.78, 5) is 4.32. The Bertz CT molecular complexity index is 705. The van der Waals surface area contributed by atoms with Crippen molar-refractivity contribution in [3.8, 4) is 5.75 Å². The van der Waals surface area contributed by atoms with Gasteiger partial charge >= 0.3 is 0 Å². The quantitative estimate of drug-likeness (QED) is 0.793. The number of piperazine rings is 1. The average molecular weight is 360 g/mol. The molecule has 0 bridgehead atoms. The number of aliphatic hydroxyl groups is 1. The Morgan fingerprint density at radius 2 is 1.69 bits per heavy atom. The van der Waals surface area contributed by atoms with E-state index >= 15 is 0 Å². The van der Waals surface area contributed by atoms with Crippen LogP contribution in [0.2, 0.25) is 0 Å². The summed E-state index contributed by atoms with van der Waals surface area (Å²) >= 11 is 0. The van der Waals surface area contributed by atoms with E-state index in [1.807, 2.05) is 18.2 Å². The normalized spacial score (nSPS) is 16.6. The Kier molecular flexibility index (Phi) is 6.44. The highest BCUT2D eigenvalue weighted by molar-refractivity contribution is 5.57. The van der Waals surface area contributed by atoms with Crippen molar-refractivity contribution in [1.82, 2.24) is 4.90 Å². The second kappa shape index (κ2) is 8.98. The molecule has 1 fully saturated rings. The van der Waals surface area contributed by atoms with Gasteiger partial charge in [0.15, 0.2) is 0 Å². The molecule has 1 saturated heterocycles. The van der Waals surface area contributed by atoms with Gasteiger partial charge in [0.25, 0.3) is 0 Å². The number of anilines is 1. The molecule has 1 aliphatic rings. The van der Waals surface area contributed by atoms with Crippen molar-refractivity contribution in [2.75, 3.05) is 44.2 Å². The fraction of sp³-hybridized carbons (Fsp3) is 0.400. The van der Waals surface area contributed by atoms with Crippen LogP contribution >= 0.6 is 0 Å². The minimum absolute atomic E-state index is 0.158. The maximum Gasteiger partial charge on any atom is 0.138 e. The van der Waals surface area contributed by atoms with Crippen LogP contribution in [-0.4, -0.2) is 60.5 Å². The first-order valence-corrected chi connectivity index (χ1v) is 8.88. The van der Waals surface area contributed by atoms with Gasteiger partial charge in [0, 0.05) is 38.3 Å². The lowest BCUT2D eigenvalue weighted by Crippen LogP contribution is -2.49. The SMILES string of the molecule is Oc1ccccc1N1CCN(CC(O)COCc2ccccc2F)CC1. The Hall–Kier alpha value is -2.15. The minimum atomic E-state index is -0.613. The van der Waals surface area contributed by atoms with E-state index < -0.39 is 6.10 Å². The molecule has 0 aromatic heterocycles. The van der Waals surface area contributed by atoms with Crippen LogP contribution in [-0.2, 0) is 11.3 Å². The third-order valence-corrected chi connectivity index (χ3v) is 4.59. The van der Waals surface area contributed by atoms with E-state index in [-0.39, 0.29) is 19.0 Å².